The van der Waals surface area contributed by atoms with Crippen LogP contribution in [-0.2, 0) is 11.3 Å². The number of rotatable bonds is 3. The number of aromatic nitrogens is 3. The molecule has 0 saturated carbocycles. The quantitative estimate of drug-likeness (QED) is 0.757. The van der Waals surface area contributed by atoms with Gasteiger partial charge in [0.2, 0.25) is 5.91 Å². The van der Waals surface area contributed by atoms with Crippen molar-refractivity contribution in [3.05, 3.63) is 12.4 Å². The number of hydrogen-bond acceptors (Lipinski definition) is 4. The zero-order valence-corrected chi connectivity index (χ0v) is 9.25. The predicted molar refractivity (Wildman–Crippen MR) is 58.4 cm³/mol. The molecule has 16 heavy (non-hydrogen) atoms. The van der Waals surface area contributed by atoms with Crippen molar-refractivity contribution >= 4 is 5.91 Å². The largest absolute Gasteiger partial charge is 0.337 e. The molecule has 1 aliphatic heterocycles. The van der Waals surface area contributed by atoms with Gasteiger partial charge in [-0.3, -0.25) is 4.79 Å². The Morgan fingerprint density at radius 3 is 3.06 bits per heavy atom. The van der Waals surface area contributed by atoms with E-state index in [1.807, 2.05) is 4.90 Å². The Balaban J connectivity index is 1.97. The molecule has 0 aromatic carbocycles. The van der Waals surface area contributed by atoms with Crippen LogP contribution in [0.5, 0.6) is 0 Å². The second kappa shape index (κ2) is 5.07. The van der Waals surface area contributed by atoms with Crippen LogP contribution in [0.15, 0.2) is 12.4 Å². The van der Waals surface area contributed by atoms with Crippen LogP contribution >= 0.6 is 0 Å². The van der Waals surface area contributed by atoms with E-state index >= 15 is 0 Å². The van der Waals surface area contributed by atoms with Gasteiger partial charge in [-0.15, -0.1) is 5.10 Å². The van der Waals surface area contributed by atoms with Crippen molar-refractivity contribution < 1.29 is 4.79 Å². The van der Waals surface area contributed by atoms with E-state index in [-0.39, 0.29) is 18.5 Å². The van der Waals surface area contributed by atoms with Crippen molar-refractivity contribution in [3.63, 3.8) is 0 Å². The molecule has 2 heterocycles. The van der Waals surface area contributed by atoms with E-state index < -0.39 is 0 Å². The Hall–Kier alpha value is -1.43. The minimum atomic E-state index is 0.0839. The van der Waals surface area contributed by atoms with Crippen molar-refractivity contribution in [1.29, 1.82) is 0 Å². The highest BCUT2D eigenvalue weighted by atomic mass is 16.2. The van der Waals surface area contributed by atoms with Gasteiger partial charge in [-0.1, -0.05) is 5.21 Å². The third-order valence-corrected chi connectivity index (χ3v) is 2.99. The highest BCUT2D eigenvalue weighted by Gasteiger charge is 2.25. The maximum atomic E-state index is 12.0. The first kappa shape index (κ1) is 11.1. The Labute approximate surface area is 94.4 Å². The van der Waals surface area contributed by atoms with Crippen LogP contribution in [0.2, 0.25) is 0 Å². The van der Waals surface area contributed by atoms with E-state index in [2.05, 4.69) is 10.3 Å². The van der Waals surface area contributed by atoms with E-state index in [0.717, 1.165) is 25.8 Å². The predicted octanol–water partition coefficient (Wildman–Crippen LogP) is -0.382. The van der Waals surface area contributed by atoms with Crippen molar-refractivity contribution in [2.45, 2.75) is 31.8 Å². The maximum absolute atomic E-state index is 12.0. The summed E-state index contributed by atoms with van der Waals surface area (Å²) in [6.07, 6.45) is 6.51. The lowest BCUT2D eigenvalue weighted by Gasteiger charge is -2.35. The Bertz CT molecular complexity index is 337. The van der Waals surface area contributed by atoms with E-state index in [4.69, 9.17) is 5.73 Å². The molecule has 88 valence electrons. The van der Waals surface area contributed by atoms with E-state index in [0.29, 0.717) is 6.54 Å². The van der Waals surface area contributed by atoms with E-state index in [9.17, 15) is 4.79 Å². The Morgan fingerprint density at radius 2 is 2.38 bits per heavy atom. The summed E-state index contributed by atoms with van der Waals surface area (Å²) in [5.74, 6) is 0.0839. The number of piperidine rings is 1. The molecule has 2 rings (SSSR count). The standard InChI is InChI=1S/C10H17N5O/c11-7-9-3-1-2-5-15(9)10(16)8-14-6-4-12-13-14/h4,6,9H,1-3,5,7-8,11H2. The molecule has 1 unspecified atom stereocenters. The second-order valence-corrected chi connectivity index (χ2v) is 4.07. The van der Waals surface area contributed by atoms with Gasteiger partial charge in [0.25, 0.3) is 0 Å². The number of likely N-dealkylation sites (tertiary alicyclic amines) is 1. The fraction of sp³-hybridized carbons (Fsp3) is 0.700. The van der Waals surface area contributed by atoms with Gasteiger partial charge in [0.05, 0.1) is 6.20 Å². The molecule has 1 saturated heterocycles. The van der Waals surface area contributed by atoms with E-state index in [1.54, 1.807) is 17.1 Å². The average Bonchev–Trinajstić information content (AvgIpc) is 2.81. The summed E-state index contributed by atoms with van der Waals surface area (Å²) in [6, 6.07) is 0.199. The molecule has 0 aliphatic carbocycles. The SMILES string of the molecule is NCC1CCCCN1C(=O)Cn1ccnn1. The third-order valence-electron chi connectivity index (χ3n) is 2.99. The van der Waals surface area contributed by atoms with Crippen molar-refractivity contribution in [2.24, 2.45) is 5.73 Å². The fourth-order valence-corrected chi connectivity index (χ4v) is 2.12. The molecule has 1 atom stereocenters. The summed E-state index contributed by atoms with van der Waals surface area (Å²) in [7, 11) is 0. The van der Waals surface area contributed by atoms with Gasteiger partial charge < -0.3 is 10.6 Å². The summed E-state index contributed by atoms with van der Waals surface area (Å²) in [4.78, 5) is 13.9. The van der Waals surface area contributed by atoms with Gasteiger partial charge in [0.15, 0.2) is 0 Å². The molecule has 0 bridgehead atoms. The first-order valence-corrected chi connectivity index (χ1v) is 5.65. The number of nitrogens with zero attached hydrogens (tertiary/aromatic N) is 4. The first-order valence-electron chi connectivity index (χ1n) is 5.65. The van der Waals surface area contributed by atoms with Crippen LogP contribution in [0.3, 0.4) is 0 Å². The van der Waals surface area contributed by atoms with Crippen LogP contribution in [-0.4, -0.2) is 44.9 Å². The normalized spacial score (nSPS) is 21.1. The molecule has 2 N–H and O–H groups in total. The lowest BCUT2D eigenvalue weighted by Crippen LogP contribution is -2.48. The molecule has 6 heteroatoms. The number of carbonyl (C=O) groups is 1. The summed E-state index contributed by atoms with van der Waals surface area (Å²) in [5, 5.41) is 7.47. The van der Waals surface area contributed by atoms with Crippen LogP contribution in [0, 0.1) is 0 Å². The molecule has 0 spiro atoms. The molecule has 1 aromatic rings. The number of amides is 1. The third kappa shape index (κ3) is 2.38. The summed E-state index contributed by atoms with van der Waals surface area (Å²) in [6.45, 7) is 1.62. The van der Waals surface area contributed by atoms with Crippen molar-refractivity contribution in [3.8, 4) is 0 Å². The Morgan fingerprint density at radius 1 is 1.50 bits per heavy atom. The maximum Gasteiger partial charge on any atom is 0.244 e. The second-order valence-electron chi connectivity index (χ2n) is 4.07. The first-order chi connectivity index (χ1) is 7.81. The van der Waals surface area contributed by atoms with Gasteiger partial charge in [0.1, 0.15) is 6.54 Å². The van der Waals surface area contributed by atoms with Crippen molar-refractivity contribution in [1.82, 2.24) is 19.9 Å². The minimum absolute atomic E-state index is 0.0839. The van der Waals surface area contributed by atoms with Crippen LogP contribution in [0.1, 0.15) is 19.3 Å². The number of hydrogen-bond donors (Lipinski definition) is 1. The zero-order chi connectivity index (χ0) is 11.4. The average molecular weight is 223 g/mol. The highest BCUT2D eigenvalue weighted by molar-refractivity contribution is 5.76. The molecule has 1 amide bonds. The van der Waals surface area contributed by atoms with E-state index in [1.165, 1.54) is 0 Å². The molecule has 1 aromatic heterocycles. The van der Waals surface area contributed by atoms with Gasteiger partial charge in [-0.25, -0.2) is 4.68 Å². The number of carbonyl (C=O) groups excluding carboxylic acids is 1. The van der Waals surface area contributed by atoms with Gasteiger partial charge in [-0.05, 0) is 19.3 Å². The number of nitrogens with two attached hydrogens (primary N) is 1. The fourth-order valence-electron chi connectivity index (χ4n) is 2.12. The zero-order valence-electron chi connectivity index (χ0n) is 9.25. The van der Waals surface area contributed by atoms with Crippen LogP contribution in [0.25, 0.3) is 0 Å². The Kier molecular flexibility index (Phi) is 3.51. The van der Waals surface area contributed by atoms with Gasteiger partial charge in [-0.2, -0.15) is 0 Å². The molecule has 0 radical (unpaired) electrons. The van der Waals surface area contributed by atoms with Crippen molar-refractivity contribution in [2.75, 3.05) is 13.1 Å². The topological polar surface area (TPSA) is 77.0 Å². The molecular formula is C10H17N5O. The molecule has 1 fully saturated rings. The molecule has 6 nitrogen and oxygen atoms in total. The minimum Gasteiger partial charge on any atom is -0.337 e. The summed E-state index contributed by atoms with van der Waals surface area (Å²) < 4.78 is 1.55. The molecular weight excluding hydrogens is 206 g/mol. The smallest absolute Gasteiger partial charge is 0.244 e. The van der Waals surface area contributed by atoms with Gasteiger partial charge in [0, 0.05) is 25.3 Å². The lowest BCUT2D eigenvalue weighted by atomic mass is 10.0. The van der Waals surface area contributed by atoms with Crippen LogP contribution in [0.4, 0.5) is 0 Å². The summed E-state index contributed by atoms with van der Waals surface area (Å²) >= 11 is 0. The summed E-state index contributed by atoms with van der Waals surface area (Å²) in [5.41, 5.74) is 5.68. The highest BCUT2D eigenvalue weighted by Crippen LogP contribution is 2.16. The van der Waals surface area contributed by atoms with Gasteiger partial charge >= 0.3 is 0 Å². The molecule has 1 aliphatic rings. The monoisotopic (exact) mass is 223 g/mol. The van der Waals surface area contributed by atoms with Crippen LogP contribution < -0.4 is 5.73 Å². The lowest BCUT2D eigenvalue weighted by molar-refractivity contribution is -0.135.